The normalized spacial score (nSPS) is 22.1. The van der Waals surface area contributed by atoms with Crippen molar-refractivity contribution in [3.63, 3.8) is 0 Å². The van der Waals surface area contributed by atoms with Gasteiger partial charge in [-0.1, -0.05) is 37.5 Å². The Labute approximate surface area is 104 Å². The third-order valence-corrected chi connectivity index (χ3v) is 3.62. The Morgan fingerprint density at radius 2 is 2.06 bits per heavy atom. The number of carboxylic acid groups (broad SMARTS) is 1. The van der Waals surface area contributed by atoms with E-state index in [1.165, 1.54) is 5.57 Å². The van der Waals surface area contributed by atoms with E-state index >= 15 is 0 Å². The molecule has 17 heavy (non-hydrogen) atoms. The highest BCUT2D eigenvalue weighted by atomic mass is 16.4. The zero-order valence-electron chi connectivity index (χ0n) is 11.4. The molecule has 0 aliphatic carbocycles. The molecule has 2 N–H and O–H groups in total. The minimum absolute atomic E-state index is 0.107. The lowest BCUT2D eigenvalue weighted by molar-refractivity contribution is -0.133. The van der Waals surface area contributed by atoms with Gasteiger partial charge in [0.25, 0.3) is 0 Å². The fourth-order valence-corrected chi connectivity index (χ4v) is 2.47. The van der Waals surface area contributed by atoms with Gasteiger partial charge in [-0.25, -0.2) is 4.79 Å². The number of hydrogen-bond acceptors (Lipinski definition) is 2. The lowest BCUT2D eigenvalue weighted by Crippen LogP contribution is -2.32. The van der Waals surface area contributed by atoms with E-state index in [4.69, 9.17) is 0 Å². The van der Waals surface area contributed by atoms with Crippen molar-refractivity contribution in [1.29, 1.82) is 0 Å². The summed E-state index contributed by atoms with van der Waals surface area (Å²) in [5, 5.41) is 12.8. The molecule has 1 rings (SSSR count). The quantitative estimate of drug-likeness (QED) is 0.584. The van der Waals surface area contributed by atoms with E-state index < -0.39 is 5.97 Å². The SMILES string of the molecule is CCC(=C(C(=O)O)C1NCC(C)=C1C)C(C)C. The van der Waals surface area contributed by atoms with E-state index in [9.17, 15) is 9.90 Å². The van der Waals surface area contributed by atoms with Gasteiger partial charge in [-0.2, -0.15) is 0 Å². The van der Waals surface area contributed by atoms with Crippen LogP contribution in [0, 0.1) is 5.92 Å². The average molecular weight is 237 g/mol. The fourth-order valence-electron chi connectivity index (χ4n) is 2.47. The van der Waals surface area contributed by atoms with Gasteiger partial charge >= 0.3 is 5.97 Å². The molecule has 0 saturated heterocycles. The second-order valence-corrected chi connectivity index (χ2v) is 5.03. The van der Waals surface area contributed by atoms with Crippen LogP contribution in [0.15, 0.2) is 22.3 Å². The van der Waals surface area contributed by atoms with Crippen molar-refractivity contribution < 1.29 is 9.90 Å². The number of hydrogen-bond donors (Lipinski definition) is 2. The summed E-state index contributed by atoms with van der Waals surface area (Å²) < 4.78 is 0. The van der Waals surface area contributed by atoms with Crippen LogP contribution in [0.25, 0.3) is 0 Å². The summed E-state index contributed by atoms with van der Waals surface area (Å²) >= 11 is 0. The van der Waals surface area contributed by atoms with Crippen molar-refractivity contribution in [1.82, 2.24) is 5.32 Å². The van der Waals surface area contributed by atoms with Gasteiger partial charge in [0.15, 0.2) is 0 Å². The smallest absolute Gasteiger partial charge is 0.333 e. The molecule has 1 aliphatic rings. The van der Waals surface area contributed by atoms with Crippen molar-refractivity contribution in [2.24, 2.45) is 5.92 Å². The predicted octanol–water partition coefficient (Wildman–Crippen LogP) is 2.74. The summed E-state index contributed by atoms with van der Waals surface area (Å²) in [4.78, 5) is 11.5. The van der Waals surface area contributed by atoms with E-state index in [1.54, 1.807) is 0 Å². The molecular weight excluding hydrogens is 214 g/mol. The van der Waals surface area contributed by atoms with Crippen molar-refractivity contribution in [2.75, 3.05) is 6.54 Å². The van der Waals surface area contributed by atoms with Gasteiger partial charge in [-0.15, -0.1) is 0 Å². The number of carbonyl (C=O) groups is 1. The molecule has 0 spiro atoms. The molecule has 0 aromatic rings. The Hall–Kier alpha value is -1.09. The van der Waals surface area contributed by atoms with E-state index in [2.05, 4.69) is 26.1 Å². The van der Waals surface area contributed by atoms with Gasteiger partial charge in [-0.05, 0) is 26.2 Å². The highest BCUT2D eigenvalue weighted by molar-refractivity contribution is 5.90. The summed E-state index contributed by atoms with van der Waals surface area (Å²) in [6.07, 6.45) is 0.795. The molecule has 0 radical (unpaired) electrons. The molecule has 1 heterocycles. The molecule has 3 nitrogen and oxygen atoms in total. The molecule has 96 valence electrons. The fraction of sp³-hybridized carbons (Fsp3) is 0.643. The van der Waals surface area contributed by atoms with Crippen molar-refractivity contribution in [3.8, 4) is 0 Å². The number of nitrogens with one attached hydrogen (secondary N) is 1. The molecule has 3 heteroatoms. The summed E-state index contributed by atoms with van der Waals surface area (Å²) in [6.45, 7) is 11.0. The Balaban J connectivity index is 3.24. The zero-order chi connectivity index (χ0) is 13.2. The monoisotopic (exact) mass is 237 g/mol. The number of carboxylic acids is 1. The van der Waals surface area contributed by atoms with Crippen molar-refractivity contribution in [3.05, 3.63) is 22.3 Å². The summed E-state index contributed by atoms with van der Waals surface area (Å²) in [5.41, 5.74) is 4.02. The second kappa shape index (κ2) is 5.50. The van der Waals surface area contributed by atoms with Crippen LogP contribution in [-0.4, -0.2) is 23.7 Å². The standard InChI is InChI=1S/C14H23NO2/c1-6-11(8(2)3)12(14(16)17)13-10(5)9(4)7-15-13/h8,13,15H,6-7H2,1-5H3,(H,16,17). The first-order valence-corrected chi connectivity index (χ1v) is 6.25. The molecule has 1 atom stereocenters. The molecule has 0 fully saturated rings. The maximum Gasteiger partial charge on any atom is 0.333 e. The highest BCUT2D eigenvalue weighted by Gasteiger charge is 2.29. The van der Waals surface area contributed by atoms with Gasteiger partial charge in [0.05, 0.1) is 11.6 Å². The minimum atomic E-state index is -0.790. The third-order valence-electron chi connectivity index (χ3n) is 3.62. The Morgan fingerprint density at radius 3 is 2.35 bits per heavy atom. The third kappa shape index (κ3) is 2.78. The van der Waals surface area contributed by atoms with Crippen LogP contribution in [0.3, 0.4) is 0 Å². The van der Waals surface area contributed by atoms with Crippen molar-refractivity contribution in [2.45, 2.75) is 47.1 Å². The summed E-state index contributed by atoms with van der Waals surface area (Å²) in [5.74, 6) is -0.510. The van der Waals surface area contributed by atoms with E-state index in [0.717, 1.165) is 24.1 Å². The van der Waals surface area contributed by atoms with Crippen LogP contribution in [-0.2, 0) is 4.79 Å². The topological polar surface area (TPSA) is 49.3 Å². The lowest BCUT2D eigenvalue weighted by atomic mass is 9.88. The first kappa shape index (κ1) is 14.0. The van der Waals surface area contributed by atoms with Gasteiger partial charge in [-0.3, -0.25) is 0 Å². The van der Waals surface area contributed by atoms with E-state index in [0.29, 0.717) is 5.57 Å². The molecule has 0 saturated carbocycles. The van der Waals surface area contributed by atoms with Crippen molar-refractivity contribution >= 4 is 5.97 Å². The molecule has 0 bridgehead atoms. The predicted molar refractivity (Wildman–Crippen MR) is 70.0 cm³/mol. The minimum Gasteiger partial charge on any atom is -0.478 e. The Morgan fingerprint density at radius 1 is 1.47 bits per heavy atom. The van der Waals surface area contributed by atoms with Gasteiger partial charge in [0.2, 0.25) is 0 Å². The molecule has 0 aromatic heterocycles. The van der Waals surface area contributed by atoms with Gasteiger partial charge in [0, 0.05) is 6.54 Å². The van der Waals surface area contributed by atoms with E-state index in [1.807, 2.05) is 13.8 Å². The van der Waals surface area contributed by atoms with Gasteiger partial charge < -0.3 is 10.4 Å². The number of allylic oxidation sites excluding steroid dienone is 1. The van der Waals surface area contributed by atoms with Crippen LogP contribution >= 0.6 is 0 Å². The van der Waals surface area contributed by atoms with Crippen LogP contribution in [0.4, 0.5) is 0 Å². The average Bonchev–Trinajstić information content (AvgIpc) is 2.55. The lowest BCUT2D eigenvalue weighted by Gasteiger charge is -2.21. The maximum absolute atomic E-state index is 11.5. The second-order valence-electron chi connectivity index (χ2n) is 5.03. The molecular formula is C14H23NO2. The maximum atomic E-state index is 11.5. The zero-order valence-corrected chi connectivity index (χ0v) is 11.4. The van der Waals surface area contributed by atoms with Crippen LogP contribution in [0.2, 0.25) is 0 Å². The van der Waals surface area contributed by atoms with Crippen LogP contribution in [0.5, 0.6) is 0 Å². The Kier molecular flexibility index (Phi) is 4.52. The molecule has 1 aliphatic heterocycles. The Bertz CT molecular complexity index is 378. The highest BCUT2D eigenvalue weighted by Crippen LogP contribution is 2.28. The number of rotatable bonds is 4. The molecule has 1 unspecified atom stereocenters. The first-order chi connectivity index (χ1) is 7.90. The molecule has 0 aromatic carbocycles. The largest absolute Gasteiger partial charge is 0.478 e. The van der Waals surface area contributed by atoms with Gasteiger partial charge in [0.1, 0.15) is 0 Å². The van der Waals surface area contributed by atoms with E-state index in [-0.39, 0.29) is 12.0 Å². The van der Waals surface area contributed by atoms with Crippen LogP contribution < -0.4 is 5.32 Å². The number of aliphatic carboxylic acids is 1. The summed E-state index contributed by atoms with van der Waals surface area (Å²) in [7, 11) is 0. The first-order valence-electron chi connectivity index (χ1n) is 6.25. The summed E-state index contributed by atoms with van der Waals surface area (Å²) in [6, 6.07) is -0.107. The molecule has 0 amide bonds. The van der Waals surface area contributed by atoms with Crippen LogP contribution in [0.1, 0.15) is 41.0 Å².